The van der Waals surface area contributed by atoms with Gasteiger partial charge in [0.15, 0.2) is 0 Å². The normalized spacial score (nSPS) is 12.0. The number of aromatic nitrogens is 1. The molecule has 0 atom stereocenters. The molecule has 0 bridgehead atoms. The van der Waals surface area contributed by atoms with Crippen LogP contribution in [0.5, 0.6) is 0 Å². The van der Waals surface area contributed by atoms with Crippen molar-refractivity contribution in [3.8, 4) is 50.2 Å². The van der Waals surface area contributed by atoms with Gasteiger partial charge in [-0.3, -0.25) is 0 Å². The second-order valence-corrected chi connectivity index (χ2v) is 18.1. The van der Waals surface area contributed by atoms with E-state index in [2.05, 4.69) is 264 Å². The van der Waals surface area contributed by atoms with Gasteiger partial charge in [0.2, 0.25) is 0 Å². The lowest BCUT2D eigenvalue weighted by atomic mass is 9.87. The monoisotopic (exact) mass is 866 g/mol. The third-order valence-electron chi connectivity index (χ3n) is 14.0. The Morgan fingerprint density at radius 2 is 0.897 bits per heavy atom. The Bertz CT molecular complexity index is 3860. The molecule has 68 heavy (non-hydrogen) atoms. The Labute approximate surface area is 397 Å². The molecule has 2 heterocycles. The van der Waals surface area contributed by atoms with Crippen LogP contribution in [-0.4, -0.2) is 4.57 Å². The van der Waals surface area contributed by atoms with E-state index in [1.54, 1.807) is 0 Å². The highest BCUT2D eigenvalue weighted by atomic mass is 15.1. The van der Waals surface area contributed by atoms with Gasteiger partial charge in [-0.05, 0) is 127 Å². The summed E-state index contributed by atoms with van der Waals surface area (Å²) >= 11 is 0. The standard InChI is InChI=1S/C66H46N2/c1-3-17-45(18-4-1)46-21-15-22-52(40-46)60-27-10-13-31-64(60)67(56-24-5-2-6-25-56)57-37-35-48-39-47(33-34-50(48)44-57)49-36-38-59-55(41-49)43-53-20-8-12-30-63(53)68-65-32-14-11-28-61(65)62-29-16-23-54(66(62)68)42-51-19-7-9-26-58(51)59/h1-41,44H,42-43H2. The number of hydrogen-bond donors (Lipinski definition) is 0. The van der Waals surface area contributed by atoms with Gasteiger partial charge in [-0.15, -0.1) is 0 Å². The first-order valence-corrected chi connectivity index (χ1v) is 23.7. The summed E-state index contributed by atoms with van der Waals surface area (Å²) in [7, 11) is 0. The first-order chi connectivity index (χ1) is 33.7. The van der Waals surface area contributed by atoms with E-state index in [0.29, 0.717) is 0 Å². The van der Waals surface area contributed by atoms with E-state index in [9.17, 15) is 0 Å². The van der Waals surface area contributed by atoms with E-state index in [0.717, 1.165) is 29.9 Å². The van der Waals surface area contributed by atoms with Crippen molar-refractivity contribution < 1.29 is 0 Å². The van der Waals surface area contributed by atoms with Crippen LogP contribution in [0.4, 0.5) is 17.1 Å². The van der Waals surface area contributed by atoms with E-state index in [4.69, 9.17) is 0 Å². The minimum Gasteiger partial charge on any atom is -0.310 e. The molecule has 0 fully saturated rings. The molecule has 12 aromatic rings. The van der Waals surface area contributed by atoms with Crippen LogP contribution < -0.4 is 4.90 Å². The van der Waals surface area contributed by atoms with Crippen molar-refractivity contribution in [3.05, 3.63) is 277 Å². The lowest BCUT2D eigenvalue weighted by molar-refractivity contribution is 1.09. The number of fused-ring (bicyclic) bond motifs is 9. The molecule has 0 amide bonds. The van der Waals surface area contributed by atoms with Crippen LogP contribution in [0.15, 0.2) is 255 Å². The van der Waals surface area contributed by atoms with Crippen molar-refractivity contribution in [2.24, 2.45) is 0 Å². The molecule has 0 aliphatic carbocycles. The Kier molecular flexibility index (Phi) is 9.68. The van der Waals surface area contributed by atoms with Crippen LogP contribution in [-0.2, 0) is 12.8 Å². The van der Waals surface area contributed by atoms with E-state index in [-0.39, 0.29) is 0 Å². The summed E-state index contributed by atoms with van der Waals surface area (Å²) in [6.45, 7) is 0. The van der Waals surface area contributed by atoms with Crippen molar-refractivity contribution in [1.29, 1.82) is 0 Å². The number of hydrogen-bond acceptors (Lipinski definition) is 1. The summed E-state index contributed by atoms with van der Waals surface area (Å²) in [5, 5.41) is 4.99. The van der Waals surface area contributed by atoms with E-state index in [1.807, 2.05) is 0 Å². The Balaban J connectivity index is 0.912. The van der Waals surface area contributed by atoms with Gasteiger partial charge in [-0.1, -0.05) is 200 Å². The maximum absolute atomic E-state index is 2.53. The highest BCUT2D eigenvalue weighted by Gasteiger charge is 2.22. The molecule has 320 valence electrons. The average Bonchev–Trinajstić information content (AvgIpc) is 3.74. The van der Waals surface area contributed by atoms with Gasteiger partial charge in [-0.2, -0.15) is 0 Å². The second-order valence-electron chi connectivity index (χ2n) is 18.1. The molecule has 2 nitrogen and oxygen atoms in total. The minimum atomic E-state index is 0.800. The smallest absolute Gasteiger partial charge is 0.0576 e. The van der Waals surface area contributed by atoms with Crippen molar-refractivity contribution in [3.63, 3.8) is 0 Å². The zero-order valence-electron chi connectivity index (χ0n) is 37.6. The molecule has 1 aliphatic heterocycles. The molecule has 0 spiro atoms. The van der Waals surface area contributed by atoms with Crippen molar-refractivity contribution in [1.82, 2.24) is 4.57 Å². The molecule has 0 N–H and O–H groups in total. The van der Waals surface area contributed by atoms with Crippen molar-refractivity contribution >= 4 is 49.6 Å². The minimum absolute atomic E-state index is 0.800. The van der Waals surface area contributed by atoms with Gasteiger partial charge in [-0.25, -0.2) is 0 Å². The number of benzene rings is 11. The fourth-order valence-corrected chi connectivity index (χ4v) is 10.9. The molecular weight excluding hydrogens is 821 g/mol. The number of para-hydroxylation sites is 5. The predicted molar refractivity (Wildman–Crippen MR) is 287 cm³/mol. The van der Waals surface area contributed by atoms with Crippen LogP contribution in [0.3, 0.4) is 0 Å². The van der Waals surface area contributed by atoms with Gasteiger partial charge in [0.1, 0.15) is 0 Å². The van der Waals surface area contributed by atoms with E-state index < -0.39 is 0 Å². The van der Waals surface area contributed by atoms with Crippen molar-refractivity contribution in [2.45, 2.75) is 12.8 Å². The largest absolute Gasteiger partial charge is 0.310 e. The summed E-state index contributed by atoms with van der Waals surface area (Å²) < 4.78 is 2.53. The van der Waals surface area contributed by atoms with E-state index in [1.165, 1.54) is 105 Å². The summed E-state index contributed by atoms with van der Waals surface area (Å²) in [5.74, 6) is 0. The molecule has 11 aromatic carbocycles. The number of rotatable bonds is 6. The fourth-order valence-electron chi connectivity index (χ4n) is 10.9. The first-order valence-electron chi connectivity index (χ1n) is 23.7. The third-order valence-corrected chi connectivity index (χ3v) is 14.0. The van der Waals surface area contributed by atoms with Gasteiger partial charge < -0.3 is 9.47 Å². The quantitative estimate of drug-likeness (QED) is 0.162. The van der Waals surface area contributed by atoms with Gasteiger partial charge in [0.05, 0.1) is 16.7 Å². The summed E-state index contributed by atoms with van der Waals surface area (Å²) in [6.07, 6.45) is 1.64. The lowest BCUT2D eigenvalue weighted by Gasteiger charge is -2.28. The molecule has 2 heteroatoms. The maximum Gasteiger partial charge on any atom is 0.0576 e. The number of anilines is 3. The second kappa shape index (κ2) is 16.6. The Hall–Kier alpha value is -8.72. The molecule has 13 rings (SSSR count). The summed E-state index contributed by atoms with van der Waals surface area (Å²) in [6, 6.07) is 93.9. The molecule has 0 saturated carbocycles. The van der Waals surface area contributed by atoms with Crippen LogP contribution in [0.2, 0.25) is 0 Å². The molecular formula is C66H46N2. The lowest BCUT2D eigenvalue weighted by Crippen LogP contribution is -2.11. The Morgan fingerprint density at radius 1 is 0.309 bits per heavy atom. The average molecular weight is 867 g/mol. The predicted octanol–water partition coefficient (Wildman–Crippen LogP) is 17.6. The summed E-state index contributed by atoms with van der Waals surface area (Å²) in [5.41, 5.74) is 22.2. The van der Waals surface area contributed by atoms with Gasteiger partial charge in [0, 0.05) is 46.2 Å². The van der Waals surface area contributed by atoms with Crippen LogP contribution in [0.25, 0.3) is 82.8 Å². The molecule has 0 saturated heterocycles. The van der Waals surface area contributed by atoms with Crippen LogP contribution in [0, 0.1) is 0 Å². The highest BCUT2D eigenvalue weighted by molar-refractivity contribution is 6.10. The topological polar surface area (TPSA) is 8.17 Å². The highest BCUT2D eigenvalue weighted by Crippen LogP contribution is 2.44. The van der Waals surface area contributed by atoms with Crippen molar-refractivity contribution in [2.75, 3.05) is 4.90 Å². The SMILES string of the molecule is c1ccc(-c2cccc(-c3ccccc3N(c3ccccc3)c3ccc4cc(-c5ccc6c(c5)Cc5ccccc5-n5c7ccccc7c7cccc(c75)Cc5ccccc5-6)ccc4c3)c2)cc1. The maximum atomic E-state index is 2.53. The summed E-state index contributed by atoms with van der Waals surface area (Å²) in [4.78, 5) is 2.40. The molecule has 1 aliphatic rings. The van der Waals surface area contributed by atoms with E-state index >= 15 is 0 Å². The Morgan fingerprint density at radius 3 is 1.79 bits per heavy atom. The van der Waals surface area contributed by atoms with Crippen LogP contribution >= 0.6 is 0 Å². The van der Waals surface area contributed by atoms with Crippen LogP contribution in [0.1, 0.15) is 22.3 Å². The van der Waals surface area contributed by atoms with Gasteiger partial charge >= 0.3 is 0 Å². The third kappa shape index (κ3) is 6.89. The molecule has 0 unspecified atom stereocenters. The number of nitrogens with zero attached hydrogens (tertiary/aromatic N) is 2. The zero-order chi connectivity index (χ0) is 45.0. The molecule has 1 aromatic heterocycles. The van der Waals surface area contributed by atoms with Gasteiger partial charge in [0.25, 0.3) is 0 Å². The molecule has 0 radical (unpaired) electrons. The first kappa shape index (κ1) is 39.6. The fraction of sp³-hybridized carbons (Fsp3) is 0.0303. The zero-order valence-corrected chi connectivity index (χ0v) is 37.6.